The molecular weight excluding hydrogens is 296 g/mol. The Morgan fingerprint density at radius 3 is 2.65 bits per heavy atom. The molecule has 0 aliphatic rings. The number of nitrogens with two attached hydrogens (primary N) is 1. The second-order valence-electron chi connectivity index (χ2n) is 5.45. The summed E-state index contributed by atoms with van der Waals surface area (Å²) < 4.78 is 10.5. The van der Waals surface area contributed by atoms with Crippen molar-refractivity contribution in [3.63, 3.8) is 0 Å². The molecule has 23 heavy (non-hydrogen) atoms. The van der Waals surface area contributed by atoms with Crippen molar-refractivity contribution in [2.75, 3.05) is 5.32 Å². The van der Waals surface area contributed by atoms with Crippen molar-refractivity contribution in [1.29, 1.82) is 0 Å². The maximum absolute atomic E-state index is 12.0. The predicted molar refractivity (Wildman–Crippen MR) is 85.9 cm³/mol. The second-order valence-corrected chi connectivity index (χ2v) is 5.45. The average molecular weight is 318 g/mol. The van der Waals surface area contributed by atoms with Gasteiger partial charge in [-0.1, -0.05) is 25.4 Å². The third kappa shape index (κ3) is 4.79. The van der Waals surface area contributed by atoms with Gasteiger partial charge in [0.2, 0.25) is 5.91 Å². The Hall–Kier alpha value is -2.41. The molecule has 1 aromatic carbocycles. The van der Waals surface area contributed by atoms with Crippen LogP contribution in [0.5, 0.6) is 5.75 Å². The summed E-state index contributed by atoms with van der Waals surface area (Å²) in [7, 11) is 0. The smallest absolute Gasteiger partial charge is 0.264 e. The summed E-state index contributed by atoms with van der Waals surface area (Å²) in [6.45, 7) is 5.91. The molecule has 124 valence electrons. The van der Waals surface area contributed by atoms with Gasteiger partial charge in [0.25, 0.3) is 5.89 Å². The van der Waals surface area contributed by atoms with Crippen LogP contribution in [0.2, 0.25) is 0 Å². The molecule has 0 saturated heterocycles. The number of carbonyl (C=O) groups is 1. The van der Waals surface area contributed by atoms with Crippen LogP contribution < -0.4 is 15.8 Å². The molecule has 1 heterocycles. The first-order chi connectivity index (χ1) is 11.0. The SMILES string of the molecule is CCC(C)C(N)C(=O)Nc1ccc(OCc2nc(C)no2)cc1. The van der Waals surface area contributed by atoms with E-state index in [1.807, 2.05) is 13.8 Å². The summed E-state index contributed by atoms with van der Waals surface area (Å²) in [5, 5.41) is 6.49. The first-order valence-electron chi connectivity index (χ1n) is 7.58. The topological polar surface area (TPSA) is 103 Å². The highest BCUT2D eigenvalue weighted by Gasteiger charge is 2.19. The van der Waals surface area contributed by atoms with Gasteiger partial charge in [-0.05, 0) is 37.1 Å². The van der Waals surface area contributed by atoms with Gasteiger partial charge in [0.05, 0.1) is 6.04 Å². The Balaban J connectivity index is 1.87. The van der Waals surface area contributed by atoms with E-state index >= 15 is 0 Å². The molecule has 2 unspecified atom stereocenters. The van der Waals surface area contributed by atoms with Crippen LogP contribution in [-0.2, 0) is 11.4 Å². The van der Waals surface area contributed by atoms with Crippen LogP contribution in [0.3, 0.4) is 0 Å². The molecular formula is C16H22N4O3. The lowest BCUT2D eigenvalue weighted by molar-refractivity contribution is -0.118. The van der Waals surface area contributed by atoms with E-state index in [2.05, 4.69) is 15.5 Å². The summed E-state index contributed by atoms with van der Waals surface area (Å²) in [5.74, 6) is 1.58. The number of rotatable bonds is 7. The first-order valence-corrected chi connectivity index (χ1v) is 7.58. The minimum atomic E-state index is -0.517. The zero-order valence-corrected chi connectivity index (χ0v) is 13.6. The highest BCUT2D eigenvalue weighted by Crippen LogP contribution is 2.17. The van der Waals surface area contributed by atoms with Crippen molar-refractivity contribution < 1.29 is 14.1 Å². The van der Waals surface area contributed by atoms with Gasteiger partial charge in [-0.3, -0.25) is 4.79 Å². The molecule has 0 radical (unpaired) electrons. The molecule has 0 aliphatic carbocycles. The molecule has 2 rings (SSSR count). The van der Waals surface area contributed by atoms with Crippen LogP contribution in [0.1, 0.15) is 32.0 Å². The quantitative estimate of drug-likeness (QED) is 0.811. The molecule has 3 N–H and O–H groups in total. The minimum absolute atomic E-state index is 0.135. The normalized spacial score (nSPS) is 13.4. The molecule has 0 fully saturated rings. The standard InChI is InChI=1S/C16H22N4O3/c1-4-10(2)15(17)16(21)19-12-5-7-13(8-6-12)22-9-14-18-11(3)20-23-14/h5-8,10,15H,4,9,17H2,1-3H3,(H,19,21). The average Bonchev–Trinajstić information content (AvgIpc) is 2.98. The van der Waals surface area contributed by atoms with Crippen molar-refractivity contribution in [3.05, 3.63) is 36.0 Å². The summed E-state index contributed by atoms with van der Waals surface area (Å²) in [4.78, 5) is 16.1. The van der Waals surface area contributed by atoms with Gasteiger partial charge in [-0.15, -0.1) is 0 Å². The number of nitrogens with zero attached hydrogens (tertiary/aromatic N) is 2. The zero-order chi connectivity index (χ0) is 16.8. The lowest BCUT2D eigenvalue weighted by atomic mass is 9.99. The van der Waals surface area contributed by atoms with Gasteiger partial charge in [0.1, 0.15) is 5.75 Å². The van der Waals surface area contributed by atoms with Crippen molar-refractivity contribution in [2.45, 2.75) is 39.8 Å². The summed E-state index contributed by atoms with van der Waals surface area (Å²) >= 11 is 0. The Bertz CT molecular complexity index is 639. The Morgan fingerprint density at radius 1 is 1.39 bits per heavy atom. The summed E-state index contributed by atoms with van der Waals surface area (Å²) in [6.07, 6.45) is 0.858. The van der Waals surface area contributed by atoms with Crippen LogP contribution in [0, 0.1) is 12.8 Å². The fourth-order valence-electron chi connectivity index (χ4n) is 1.92. The Kier molecular flexibility index (Phi) is 5.70. The Morgan fingerprint density at radius 2 is 2.09 bits per heavy atom. The molecule has 0 bridgehead atoms. The maximum Gasteiger partial charge on any atom is 0.264 e. The molecule has 1 aromatic heterocycles. The highest BCUT2D eigenvalue weighted by molar-refractivity contribution is 5.94. The molecule has 0 saturated carbocycles. The largest absolute Gasteiger partial charge is 0.484 e. The monoisotopic (exact) mass is 318 g/mol. The van der Waals surface area contributed by atoms with E-state index in [1.165, 1.54) is 0 Å². The Labute approximate surface area is 135 Å². The number of hydrogen-bond acceptors (Lipinski definition) is 6. The third-order valence-corrected chi connectivity index (χ3v) is 3.61. The lowest BCUT2D eigenvalue weighted by Crippen LogP contribution is -2.40. The molecule has 0 spiro atoms. The van der Waals surface area contributed by atoms with E-state index in [0.717, 1.165) is 6.42 Å². The van der Waals surface area contributed by atoms with Crippen LogP contribution in [0.4, 0.5) is 5.69 Å². The number of carbonyl (C=O) groups excluding carboxylic acids is 1. The third-order valence-electron chi connectivity index (χ3n) is 3.61. The molecule has 1 amide bonds. The van der Waals surface area contributed by atoms with Crippen molar-refractivity contribution >= 4 is 11.6 Å². The van der Waals surface area contributed by atoms with E-state index in [9.17, 15) is 4.79 Å². The molecule has 2 aromatic rings. The van der Waals surface area contributed by atoms with Gasteiger partial charge in [0.15, 0.2) is 12.4 Å². The number of aryl methyl sites for hydroxylation is 1. The minimum Gasteiger partial charge on any atom is -0.484 e. The molecule has 7 nitrogen and oxygen atoms in total. The molecule has 2 atom stereocenters. The van der Waals surface area contributed by atoms with Gasteiger partial charge < -0.3 is 20.3 Å². The van der Waals surface area contributed by atoms with Gasteiger partial charge in [0, 0.05) is 5.69 Å². The first kappa shape index (κ1) is 17.0. The molecule has 0 aliphatic heterocycles. The van der Waals surface area contributed by atoms with E-state index in [4.69, 9.17) is 15.0 Å². The summed E-state index contributed by atoms with van der Waals surface area (Å²) in [5.41, 5.74) is 6.58. The van der Waals surface area contributed by atoms with Gasteiger partial charge in [-0.2, -0.15) is 4.98 Å². The number of anilines is 1. The van der Waals surface area contributed by atoms with Crippen molar-refractivity contribution in [2.24, 2.45) is 11.7 Å². The van der Waals surface area contributed by atoms with E-state index < -0.39 is 6.04 Å². The van der Waals surface area contributed by atoms with Crippen molar-refractivity contribution in [1.82, 2.24) is 10.1 Å². The van der Waals surface area contributed by atoms with E-state index in [0.29, 0.717) is 23.2 Å². The second kappa shape index (κ2) is 7.73. The lowest BCUT2D eigenvalue weighted by Gasteiger charge is -2.17. The maximum atomic E-state index is 12.0. The number of amides is 1. The van der Waals surface area contributed by atoms with E-state index in [-0.39, 0.29) is 18.4 Å². The zero-order valence-electron chi connectivity index (χ0n) is 13.6. The van der Waals surface area contributed by atoms with Crippen LogP contribution in [-0.4, -0.2) is 22.1 Å². The number of ether oxygens (including phenoxy) is 1. The number of benzene rings is 1. The number of nitrogens with one attached hydrogen (secondary N) is 1. The number of hydrogen-bond donors (Lipinski definition) is 2. The van der Waals surface area contributed by atoms with E-state index in [1.54, 1.807) is 31.2 Å². The summed E-state index contributed by atoms with van der Waals surface area (Å²) in [6, 6.07) is 6.52. The highest BCUT2D eigenvalue weighted by atomic mass is 16.5. The fourth-order valence-corrected chi connectivity index (χ4v) is 1.92. The van der Waals surface area contributed by atoms with Gasteiger partial charge in [-0.25, -0.2) is 0 Å². The fraction of sp³-hybridized carbons (Fsp3) is 0.438. The van der Waals surface area contributed by atoms with Crippen molar-refractivity contribution in [3.8, 4) is 5.75 Å². The van der Waals surface area contributed by atoms with Crippen LogP contribution in [0.15, 0.2) is 28.8 Å². The van der Waals surface area contributed by atoms with Crippen LogP contribution >= 0.6 is 0 Å². The van der Waals surface area contributed by atoms with Crippen LogP contribution in [0.25, 0.3) is 0 Å². The van der Waals surface area contributed by atoms with Gasteiger partial charge >= 0.3 is 0 Å². The number of aromatic nitrogens is 2. The molecule has 7 heteroatoms. The predicted octanol–water partition coefficient (Wildman–Crippen LogP) is 2.27.